The zero-order valence-electron chi connectivity index (χ0n) is 12.3. The maximum absolute atomic E-state index is 12.5. The molecule has 2 heterocycles. The van der Waals surface area contributed by atoms with Gasteiger partial charge in [-0.1, -0.05) is 11.6 Å². The highest BCUT2D eigenvalue weighted by Crippen LogP contribution is 2.23. The number of aromatic nitrogens is 2. The van der Waals surface area contributed by atoms with Crippen LogP contribution in [-0.2, 0) is 7.05 Å². The van der Waals surface area contributed by atoms with Crippen LogP contribution in [0.1, 0.15) is 21.6 Å². The molecule has 0 aliphatic heterocycles. The van der Waals surface area contributed by atoms with E-state index in [2.05, 4.69) is 16.4 Å². The third-order valence-electron chi connectivity index (χ3n) is 3.54. The fourth-order valence-corrected chi connectivity index (χ4v) is 2.51. The molecule has 1 amide bonds. The molecule has 0 spiro atoms. The van der Waals surface area contributed by atoms with Crippen LogP contribution in [0.4, 0.5) is 5.69 Å². The van der Waals surface area contributed by atoms with Crippen LogP contribution < -0.4 is 5.32 Å². The Labute approximate surface area is 123 Å². The second-order valence-corrected chi connectivity index (χ2v) is 5.31. The third kappa shape index (κ3) is 2.52. The van der Waals surface area contributed by atoms with E-state index in [4.69, 9.17) is 0 Å². The lowest BCUT2D eigenvalue weighted by molar-refractivity contribution is 0.102. The van der Waals surface area contributed by atoms with Crippen molar-refractivity contribution in [3.63, 3.8) is 0 Å². The lowest BCUT2D eigenvalue weighted by Crippen LogP contribution is -2.11. The lowest BCUT2D eigenvalue weighted by atomic mass is 10.1. The normalized spacial score (nSPS) is 10.8. The molecule has 0 aliphatic rings. The number of rotatable bonds is 2. The Morgan fingerprint density at radius 3 is 2.76 bits per heavy atom. The average Bonchev–Trinajstić information content (AvgIpc) is 2.75. The molecule has 0 saturated carbocycles. The highest BCUT2D eigenvalue weighted by molar-refractivity contribution is 6.13. The third-order valence-corrected chi connectivity index (χ3v) is 3.54. The number of aryl methyl sites for hydroxylation is 3. The first-order valence-electron chi connectivity index (χ1n) is 6.84. The maximum Gasteiger partial charge on any atom is 0.257 e. The second-order valence-electron chi connectivity index (χ2n) is 5.31. The van der Waals surface area contributed by atoms with Gasteiger partial charge in [0.2, 0.25) is 0 Å². The molecule has 0 saturated heterocycles. The van der Waals surface area contributed by atoms with E-state index in [0.717, 1.165) is 27.8 Å². The van der Waals surface area contributed by atoms with Gasteiger partial charge in [0.05, 0.1) is 5.56 Å². The van der Waals surface area contributed by atoms with E-state index in [1.54, 1.807) is 12.3 Å². The smallest absolute Gasteiger partial charge is 0.257 e. The summed E-state index contributed by atoms with van der Waals surface area (Å²) in [4.78, 5) is 16.6. The van der Waals surface area contributed by atoms with Crippen molar-refractivity contribution in [2.75, 3.05) is 5.32 Å². The minimum absolute atomic E-state index is 0.100. The topological polar surface area (TPSA) is 46.9 Å². The molecule has 3 rings (SSSR count). The highest BCUT2D eigenvalue weighted by Gasteiger charge is 2.14. The predicted molar refractivity (Wildman–Crippen MR) is 84.6 cm³/mol. The molecule has 3 aromatic rings. The average molecular weight is 279 g/mol. The van der Waals surface area contributed by atoms with Crippen molar-refractivity contribution in [2.24, 2.45) is 7.05 Å². The molecule has 0 unspecified atom stereocenters. The Morgan fingerprint density at radius 1 is 1.19 bits per heavy atom. The molecule has 0 aliphatic carbocycles. The van der Waals surface area contributed by atoms with Gasteiger partial charge in [-0.2, -0.15) is 0 Å². The highest BCUT2D eigenvalue weighted by atomic mass is 16.1. The molecular formula is C17H17N3O. The predicted octanol–water partition coefficient (Wildman–Crippen LogP) is 3.44. The van der Waals surface area contributed by atoms with Crippen molar-refractivity contribution in [3.05, 3.63) is 59.5 Å². The molecule has 0 radical (unpaired) electrons. The van der Waals surface area contributed by atoms with Crippen molar-refractivity contribution in [1.82, 2.24) is 9.55 Å². The molecule has 106 valence electrons. The Kier molecular flexibility index (Phi) is 3.22. The van der Waals surface area contributed by atoms with Crippen LogP contribution in [0.3, 0.4) is 0 Å². The van der Waals surface area contributed by atoms with E-state index < -0.39 is 0 Å². The number of hydrogen-bond acceptors (Lipinski definition) is 2. The van der Waals surface area contributed by atoms with E-state index >= 15 is 0 Å². The van der Waals surface area contributed by atoms with E-state index in [0.29, 0.717) is 5.56 Å². The summed E-state index contributed by atoms with van der Waals surface area (Å²) >= 11 is 0. The molecule has 1 N–H and O–H groups in total. The van der Waals surface area contributed by atoms with Gasteiger partial charge in [0.15, 0.2) is 0 Å². The van der Waals surface area contributed by atoms with Gasteiger partial charge in [-0.15, -0.1) is 0 Å². The Morgan fingerprint density at radius 2 is 2.00 bits per heavy atom. The summed E-state index contributed by atoms with van der Waals surface area (Å²) in [6.07, 6.45) is 3.56. The number of nitrogens with zero attached hydrogens (tertiary/aromatic N) is 2. The SMILES string of the molecule is Cc1ccc2c(c1)c(C(=O)Nc1ccnc(C)c1)cn2C. The molecular weight excluding hydrogens is 262 g/mol. The van der Waals surface area contributed by atoms with Crippen LogP contribution in [0.2, 0.25) is 0 Å². The van der Waals surface area contributed by atoms with Crippen LogP contribution in [0, 0.1) is 13.8 Å². The van der Waals surface area contributed by atoms with Gasteiger partial charge in [-0.25, -0.2) is 0 Å². The van der Waals surface area contributed by atoms with Crippen LogP contribution in [-0.4, -0.2) is 15.5 Å². The number of fused-ring (bicyclic) bond motifs is 1. The number of carbonyl (C=O) groups is 1. The molecule has 2 aromatic heterocycles. The quantitative estimate of drug-likeness (QED) is 0.781. The summed E-state index contributed by atoms with van der Waals surface area (Å²) in [5.74, 6) is -0.100. The van der Waals surface area contributed by atoms with E-state index in [1.165, 1.54) is 0 Å². The van der Waals surface area contributed by atoms with Gasteiger partial charge in [-0.3, -0.25) is 9.78 Å². The number of anilines is 1. The van der Waals surface area contributed by atoms with Crippen LogP contribution in [0.15, 0.2) is 42.7 Å². The number of amides is 1. The summed E-state index contributed by atoms with van der Waals surface area (Å²) in [6.45, 7) is 3.93. The fraction of sp³-hybridized carbons (Fsp3) is 0.176. The van der Waals surface area contributed by atoms with Crippen LogP contribution in [0.5, 0.6) is 0 Å². The Bertz CT molecular complexity index is 833. The first-order valence-corrected chi connectivity index (χ1v) is 6.84. The summed E-state index contributed by atoms with van der Waals surface area (Å²) in [5.41, 5.74) is 4.52. The van der Waals surface area contributed by atoms with Gasteiger partial charge < -0.3 is 9.88 Å². The van der Waals surface area contributed by atoms with Gasteiger partial charge in [-0.05, 0) is 38.1 Å². The molecule has 0 atom stereocenters. The van der Waals surface area contributed by atoms with Crippen molar-refractivity contribution in [1.29, 1.82) is 0 Å². The van der Waals surface area contributed by atoms with Crippen molar-refractivity contribution >= 4 is 22.5 Å². The molecule has 1 aromatic carbocycles. The van der Waals surface area contributed by atoms with E-state index in [9.17, 15) is 4.79 Å². The largest absolute Gasteiger partial charge is 0.350 e. The zero-order chi connectivity index (χ0) is 15.0. The zero-order valence-corrected chi connectivity index (χ0v) is 12.3. The Balaban J connectivity index is 2.00. The summed E-state index contributed by atoms with van der Waals surface area (Å²) < 4.78 is 1.97. The summed E-state index contributed by atoms with van der Waals surface area (Å²) in [7, 11) is 1.95. The van der Waals surface area contributed by atoms with Crippen LogP contribution >= 0.6 is 0 Å². The summed E-state index contributed by atoms with van der Waals surface area (Å²) in [6, 6.07) is 9.78. The Hall–Kier alpha value is -2.62. The number of benzene rings is 1. The first kappa shape index (κ1) is 13.4. The number of hydrogen-bond donors (Lipinski definition) is 1. The minimum atomic E-state index is -0.100. The van der Waals surface area contributed by atoms with Gasteiger partial charge in [0.1, 0.15) is 0 Å². The van der Waals surface area contributed by atoms with Crippen molar-refractivity contribution in [2.45, 2.75) is 13.8 Å². The molecule has 4 nitrogen and oxygen atoms in total. The summed E-state index contributed by atoms with van der Waals surface area (Å²) in [5, 5.41) is 3.90. The van der Waals surface area contributed by atoms with Gasteiger partial charge in [0.25, 0.3) is 5.91 Å². The van der Waals surface area contributed by atoms with Crippen molar-refractivity contribution < 1.29 is 4.79 Å². The monoisotopic (exact) mass is 279 g/mol. The molecule has 21 heavy (non-hydrogen) atoms. The minimum Gasteiger partial charge on any atom is -0.350 e. The number of nitrogens with one attached hydrogen (secondary N) is 1. The fourth-order valence-electron chi connectivity index (χ4n) is 2.51. The standard InChI is InChI=1S/C17H17N3O/c1-11-4-5-16-14(8-11)15(10-20(16)3)17(21)19-13-6-7-18-12(2)9-13/h4-10H,1-3H3,(H,18,19,21). The number of pyridine rings is 1. The van der Waals surface area contributed by atoms with Gasteiger partial charge in [0, 0.05) is 41.7 Å². The second kappa shape index (κ2) is 5.05. The van der Waals surface area contributed by atoms with Crippen LogP contribution in [0.25, 0.3) is 10.9 Å². The molecule has 0 bridgehead atoms. The molecule has 4 heteroatoms. The van der Waals surface area contributed by atoms with Crippen molar-refractivity contribution in [3.8, 4) is 0 Å². The number of carbonyl (C=O) groups excluding carboxylic acids is 1. The van der Waals surface area contributed by atoms with E-state index in [-0.39, 0.29) is 5.91 Å². The first-order chi connectivity index (χ1) is 10.0. The van der Waals surface area contributed by atoms with E-state index in [1.807, 2.05) is 49.9 Å². The van der Waals surface area contributed by atoms with Gasteiger partial charge >= 0.3 is 0 Å². The lowest BCUT2D eigenvalue weighted by Gasteiger charge is -2.05. The maximum atomic E-state index is 12.5. The molecule has 0 fully saturated rings.